The van der Waals surface area contributed by atoms with Gasteiger partial charge in [0.25, 0.3) is 0 Å². The Hall–Kier alpha value is -2.82. The Balaban J connectivity index is 1.60. The number of thiazole rings is 1. The number of benzene rings is 1. The fourth-order valence-electron chi connectivity index (χ4n) is 4.82. The fourth-order valence-corrected chi connectivity index (χ4v) is 5.68. The van der Waals surface area contributed by atoms with Crippen LogP contribution in [0.2, 0.25) is 5.02 Å². The van der Waals surface area contributed by atoms with Crippen molar-refractivity contribution in [3.63, 3.8) is 0 Å². The number of carbonyl (C=O) groups is 2. The van der Waals surface area contributed by atoms with E-state index < -0.39 is 17.8 Å². The van der Waals surface area contributed by atoms with Crippen LogP contribution in [0.3, 0.4) is 0 Å². The van der Waals surface area contributed by atoms with Gasteiger partial charge in [0.2, 0.25) is 0 Å². The highest BCUT2D eigenvalue weighted by molar-refractivity contribution is 7.11. The molecule has 37 heavy (non-hydrogen) atoms. The molecular weight excluding hydrogens is 519 g/mol. The minimum atomic E-state index is -0.767. The van der Waals surface area contributed by atoms with Gasteiger partial charge in [-0.3, -0.25) is 9.79 Å². The van der Waals surface area contributed by atoms with Crippen molar-refractivity contribution < 1.29 is 23.5 Å². The number of aliphatic imine (C=N–C) groups is 1. The van der Waals surface area contributed by atoms with E-state index in [9.17, 15) is 14.0 Å². The summed E-state index contributed by atoms with van der Waals surface area (Å²) in [4.78, 5) is 33.9. The number of hydrogen-bond donors (Lipinski definition) is 2. The van der Waals surface area contributed by atoms with Crippen molar-refractivity contribution in [1.82, 2.24) is 15.6 Å². The van der Waals surface area contributed by atoms with E-state index in [0.29, 0.717) is 41.6 Å². The zero-order valence-electron chi connectivity index (χ0n) is 20.8. The summed E-state index contributed by atoms with van der Waals surface area (Å²) in [5.74, 6) is -0.599. The van der Waals surface area contributed by atoms with Gasteiger partial charge in [0.15, 0.2) is 10.8 Å². The van der Waals surface area contributed by atoms with E-state index in [0.717, 1.165) is 31.4 Å². The van der Waals surface area contributed by atoms with Gasteiger partial charge < -0.3 is 20.1 Å². The van der Waals surface area contributed by atoms with Crippen LogP contribution in [-0.4, -0.2) is 49.1 Å². The van der Waals surface area contributed by atoms with E-state index >= 15 is 0 Å². The molecule has 0 bridgehead atoms. The molecule has 1 aromatic heterocycles. The maximum Gasteiger partial charge on any atom is 0.338 e. The molecule has 2 aliphatic rings. The molecule has 1 atom stereocenters. The summed E-state index contributed by atoms with van der Waals surface area (Å²) in [6, 6.07) is 3.59. The first kappa shape index (κ1) is 27.2. The second-order valence-corrected chi connectivity index (χ2v) is 10.2. The molecular formula is C26H30ClFN4O4S. The third kappa shape index (κ3) is 6.55. The maximum atomic E-state index is 13.8. The summed E-state index contributed by atoms with van der Waals surface area (Å²) >= 11 is 7.86. The lowest BCUT2D eigenvalue weighted by Crippen LogP contribution is -2.40. The molecule has 1 fully saturated rings. The van der Waals surface area contributed by atoms with Gasteiger partial charge in [-0.05, 0) is 50.7 Å². The SMILES string of the molecule is CCOC(=O)CCN[C@H]1CC[C@H](C2=C(C(=O)OC)C(c3ccc(F)cc3Cl)N=C(c3nccs3)N2)CC1. The second-order valence-electron chi connectivity index (χ2n) is 8.88. The minimum absolute atomic E-state index is 0.0457. The Bertz CT molecular complexity index is 1180. The minimum Gasteiger partial charge on any atom is -0.466 e. The van der Waals surface area contributed by atoms with Crippen molar-refractivity contribution in [1.29, 1.82) is 0 Å². The van der Waals surface area contributed by atoms with Gasteiger partial charge in [-0.25, -0.2) is 14.2 Å². The molecule has 0 saturated heterocycles. The zero-order chi connectivity index (χ0) is 26.4. The smallest absolute Gasteiger partial charge is 0.338 e. The standard InChI is InChI=1S/C26H30ClFN4O4S/c1-3-36-20(33)10-11-29-17-7-4-15(5-8-17)22-21(26(34)35-2)23(18-9-6-16(28)14-19(18)27)32-24(31-22)25-30-12-13-37-25/h6,9,12-15,17,23,29H,3-5,7-8,10-11H2,1-2H3,(H,31,32)/t15-,17-,23?. The average Bonchev–Trinajstić information content (AvgIpc) is 3.43. The molecule has 2 aromatic rings. The molecule has 1 aliphatic heterocycles. The molecule has 198 valence electrons. The number of rotatable bonds is 9. The highest BCUT2D eigenvalue weighted by Gasteiger charge is 2.37. The van der Waals surface area contributed by atoms with Crippen molar-refractivity contribution in [2.45, 2.75) is 51.1 Å². The number of methoxy groups -OCH3 is 1. The average molecular weight is 549 g/mol. The zero-order valence-corrected chi connectivity index (χ0v) is 22.3. The fraction of sp³-hybridized carbons (Fsp3) is 0.462. The number of nitrogens with one attached hydrogen (secondary N) is 2. The van der Waals surface area contributed by atoms with Crippen LogP contribution in [0.1, 0.15) is 55.6 Å². The van der Waals surface area contributed by atoms with E-state index in [1.165, 1.54) is 30.6 Å². The first-order valence-electron chi connectivity index (χ1n) is 12.3. The Morgan fingerprint density at radius 3 is 2.70 bits per heavy atom. The summed E-state index contributed by atoms with van der Waals surface area (Å²) in [7, 11) is 1.33. The van der Waals surface area contributed by atoms with Gasteiger partial charge in [0, 0.05) is 40.4 Å². The van der Waals surface area contributed by atoms with Crippen LogP contribution >= 0.6 is 22.9 Å². The highest BCUT2D eigenvalue weighted by atomic mass is 35.5. The molecule has 0 spiro atoms. The quantitative estimate of drug-likeness (QED) is 0.443. The summed E-state index contributed by atoms with van der Waals surface area (Å²) < 4.78 is 24.0. The Morgan fingerprint density at radius 2 is 2.05 bits per heavy atom. The van der Waals surface area contributed by atoms with E-state index in [1.54, 1.807) is 19.2 Å². The summed E-state index contributed by atoms with van der Waals surface area (Å²) in [5.41, 5.74) is 1.63. The molecule has 0 radical (unpaired) electrons. The van der Waals surface area contributed by atoms with Crippen LogP contribution in [0.4, 0.5) is 4.39 Å². The summed E-state index contributed by atoms with van der Waals surface area (Å²) in [6.07, 6.45) is 5.40. The van der Waals surface area contributed by atoms with Gasteiger partial charge in [-0.2, -0.15) is 0 Å². The van der Waals surface area contributed by atoms with Crippen LogP contribution in [0.15, 0.2) is 46.0 Å². The van der Waals surface area contributed by atoms with Crippen molar-refractivity contribution >= 4 is 40.7 Å². The molecule has 1 aromatic carbocycles. The lowest BCUT2D eigenvalue weighted by molar-refractivity contribution is -0.143. The molecule has 2 N–H and O–H groups in total. The van der Waals surface area contributed by atoms with Crippen LogP contribution in [0.25, 0.3) is 0 Å². The van der Waals surface area contributed by atoms with E-state index in [1.807, 2.05) is 5.38 Å². The third-order valence-electron chi connectivity index (χ3n) is 6.58. The molecule has 1 unspecified atom stereocenters. The van der Waals surface area contributed by atoms with Gasteiger partial charge in [0.1, 0.15) is 11.9 Å². The Labute approximate surface area is 224 Å². The maximum absolute atomic E-state index is 13.8. The van der Waals surface area contributed by atoms with Crippen LogP contribution in [0, 0.1) is 11.7 Å². The van der Waals surface area contributed by atoms with Crippen LogP contribution in [0.5, 0.6) is 0 Å². The van der Waals surface area contributed by atoms with Gasteiger partial charge >= 0.3 is 11.9 Å². The number of aromatic nitrogens is 1. The first-order valence-corrected chi connectivity index (χ1v) is 13.6. The normalized spacial score (nSPS) is 21.7. The number of allylic oxidation sites excluding steroid dienone is 1. The van der Waals surface area contributed by atoms with Gasteiger partial charge in [-0.1, -0.05) is 17.7 Å². The number of halogens is 2. The largest absolute Gasteiger partial charge is 0.466 e. The predicted molar refractivity (Wildman–Crippen MR) is 140 cm³/mol. The Morgan fingerprint density at radius 1 is 1.27 bits per heavy atom. The Kier molecular flexibility index (Phi) is 9.28. The van der Waals surface area contributed by atoms with Crippen LogP contribution < -0.4 is 10.6 Å². The van der Waals surface area contributed by atoms with Crippen molar-refractivity contribution in [3.05, 3.63) is 62.5 Å². The topological polar surface area (TPSA) is 102 Å². The molecule has 0 amide bonds. The predicted octanol–water partition coefficient (Wildman–Crippen LogP) is 4.56. The molecule has 1 saturated carbocycles. The third-order valence-corrected chi connectivity index (χ3v) is 7.68. The summed E-state index contributed by atoms with van der Waals surface area (Å²) in [6.45, 7) is 2.74. The number of carbonyl (C=O) groups excluding carboxylic acids is 2. The molecule has 11 heteroatoms. The van der Waals surface area contributed by atoms with Crippen molar-refractivity contribution in [2.24, 2.45) is 10.9 Å². The van der Waals surface area contributed by atoms with E-state index in [-0.39, 0.29) is 23.0 Å². The second kappa shape index (κ2) is 12.6. The molecule has 4 rings (SSSR count). The lowest BCUT2D eigenvalue weighted by atomic mass is 9.80. The lowest BCUT2D eigenvalue weighted by Gasteiger charge is -2.35. The monoisotopic (exact) mass is 548 g/mol. The number of nitrogens with zero attached hydrogens (tertiary/aromatic N) is 2. The number of hydrogen-bond acceptors (Lipinski definition) is 9. The molecule has 1 aliphatic carbocycles. The molecule has 2 heterocycles. The van der Waals surface area contributed by atoms with Crippen molar-refractivity contribution in [2.75, 3.05) is 20.3 Å². The number of esters is 2. The van der Waals surface area contributed by atoms with Gasteiger partial charge in [0.05, 0.1) is 25.7 Å². The van der Waals surface area contributed by atoms with Crippen molar-refractivity contribution in [3.8, 4) is 0 Å². The highest BCUT2D eigenvalue weighted by Crippen LogP contribution is 2.41. The number of amidine groups is 1. The van der Waals surface area contributed by atoms with E-state index in [4.69, 9.17) is 26.1 Å². The first-order chi connectivity index (χ1) is 17.9. The van der Waals surface area contributed by atoms with Gasteiger partial charge in [-0.15, -0.1) is 11.3 Å². The van der Waals surface area contributed by atoms with Crippen LogP contribution in [-0.2, 0) is 19.1 Å². The molecule has 8 nitrogen and oxygen atoms in total. The van der Waals surface area contributed by atoms with E-state index in [2.05, 4.69) is 15.6 Å². The number of ether oxygens (including phenoxy) is 2. The summed E-state index contributed by atoms with van der Waals surface area (Å²) in [5, 5.41) is 9.55.